The van der Waals surface area contributed by atoms with Crippen molar-refractivity contribution in [2.45, 2.75) is 6.92 Å². The van der Waals surface area contributed by atoms with E-state index in [9.17, 15) is 13.6 Å². The summed E-state index contributed by atoms with van der Waals surface area (Å²) >= 11 is 0. The van der Waals surface area contributed by atoms with Crippen molar-refractivity contribution in [3.8, 4) is 22.6 Å². The largest absolute Gasteiger partial charge is 0.493 e. The van der Waals surface area contributed by atoms with Gasteiger partial charge in [0.15, 0.2) is 28.9 Å². The van der Waals surface area contributed by atoms with Crippen LogP contribution in [0.3, 0.4) is 0 Å². The molecule has 0 saturated heterocycles. The molecule has 0 fully saturated rings. The summed E-state index contributed by atoms with van der Waals surface area (Å²) in [5.41, 5.74) is 1.25. The summed E-state index contributed by atoms with van der Waals surface area (Å²) in [6, 6.07) is 6.61. The fourth-order valence-corrected chi connectivity index (χ4v) is 2.05. The van der Waals surface area contributed by atoms with Crippen LogP contribution in [0.1, 0.15) is 17.3 Å². The molecule has 0 aliphatic rings. The highest BCUT2D eigenvalue weighted by molar-refractivity contribution is 5.97. The van der Waals surface area contributed by atoms with Gasteiger partial charge in [0.1, 0.15) is 0 Å². The number of Topliss-reactive ketones (excluding diaryl/α,β-unsaturated/α-hetero) is 1. The Kier molecular flexibility index (Phi) is 4.21. The summed E-state index contributed by atoms with van der Waals surface area (Å²) in [6.45, 7) is 1.41. The maximum Gasteiger partial charge on any atom is 0.168 e. The Balaban J connectivity index is 2.72. The Labute approximate surface area is 121 Å². The van der Waals surface area contributed by atoms with Crippen LogP contribution < -0.4 is 9.47 Å². The lowest BCUT2D eigenvalue weighted by Gasteiger charge is -2.14. The zero-order valence-corrected chi connectivity index (χ0v) is 11.9. The van der Waals surface area contributed by atoms with Gasteiger partial charge in [-0.25, -0.2) is 8.78 Å². The minimum absolute atomic E-state index is 0.167. The summed E-state index contributed by atoms with van der Waals surface area (Å²) in [7, 11) is 2.88. The molecule has 0 radical (unpaired) electrons. The van der Waals surface area contributed by atoms with Crippen molar-refractivity contribution >= 4 is 5.78 Å². The van der Waals surface area contributed by atoms with E-state index in [1.807, 2.05) is 0 Å². The summed E-state index contributed by atoms with van der Waals surface area (Å²) in [4.78, 5) is 11.6. The second kappa shape index (κ2) is 5.91. The maximum atomic E-state index is 13.4. The van der Waals surface area contributed by atoms with E-state index >= 15 is 0 Å². The van der Waals surface area contributed by atoms with Crippen LogP contribution in [0.5, 0.6) is 11.5 Å². The fraction of sp³-hybridized carbons (Fsp3) is 0.188. The van der Waals surface area contributed by atoms with Crippen LogP contribution in [0.2, 0.25) is 0 Å². The van der Waals surface area contributed by atoms with Crippen LogP contribution in [0.4, 0.5) is 8.78 Å². The Bertz CT molecular complexity index is 696. The molecule has 0 aromatic heterocycles. The van der Waals surface area contributed by atoms with Gasteiger partial charge in [-0.1, -0.05) is 6.07 Å². The Morgan fingerprint density at radius 3 is 2.24 bits per heavy atom. The van der Waals surface area contributed by atoms with E-state index < -0.39 is 11.6 Å². The minimum Gasteiger partial charge on any atom is -0.493 e. The van der Waals surface area contributed by atoms with E-state index in [2.05, 4.69) is 0 Å². The van der Waals surface area contributed by atoms with E-state index in [-0.39, 0.29) is 5.78 Å². The first-order chi connectivity index (χ1) is 9.97. The molecule has 0 unspecified atom stereocenters. The third kappa shape index (κ3) is 2.86. The molecule has 0 spiro atoms. The SMILES string of the molecule is COc1cc(C(C)=O)cc(-c2ccc(F)c(F)c2)c1OC. The van der Waals surface area contributed by atoms with E-state index in [0.717, 1.165) is 12.1 Å². The molecule has 2 rings (SSSR count). The number of rotatable bonds is 4. The lowest BCUT2D eigenvalue weighted by Crippen LogP contribution is -1.99. The van der Waals surface area contributed by atoms with Crippen molar-refractivity contribution in [1.29, 1.82) is 0 Å². The van der Waals surface area contributed by atoms with Gasteiger partial charge in [-0.05, 0) is 36.8 Å². The monoisotopic (exact) mass is 292 g/mol. The van der Waals surface area contributed by atoms with Crippen molar-refractivity contribution in [1.82, 2.24) is 0 Å². The van der Waals surface area contributed by atoms with Crippen molar-refractivity contribution in [2.75, 3.05) is 14.2 Å². The molecule has 0 heterocycles. The molecule has 0 saturated carbocycles. The third-order valence-electron chi connectivity index (χ3n) is 3.12. The fourth-order valence-electron chi connectivity index (χ4n) is 2.05. The number of carbonyl (C=O) groups excluding carboxylic acids is 1. The van der Waals surface area contributed by atoms with Gasteiger partial charge >= 0.3 is 0 Å². The molecular weight excluding hydrogens is 278 g/mol. The van der Waals surface area contributed by atoms with Crippen LogP contribution >= 0.6 is 0 Å². The predicted octanol–water partition coefficient (Wildman–Crippen LogP) is 3.85. The Morgan fingerprint density at radius 2 is 1.71 bits per heavy atom. The second-order valence-corrected chi connectivity index (χ2v) is 4.44. The minimum atomic E-state index is -0.971. The average molecular weight is 292 g/mol. The third-order valence-corrected chi connectivity index (χ3v) is 3.12. The van der Waals surface area contributed by atoms with Crippen molar-refractivity contribution in [2.24, 2.45) is 0 Å². The highest BCUT2D eigenvalue weighted by Gasteiger charge is 2.17. The highest BCUT2D eigenvalue weighted by Crippen LogP contribution is 2.39. The van der Waals surface area contributed by atoms with Crippen LogP contribution in [0.15, 0.2) is 30.3 Å². The summed E-state index contributed by atoms with van der Waals surface area (Å²) < 4.78 is 37.0. The summed E-state index contributed by atoms with van der Waals surface area (Å²) in [6.07, 6.45) is 0. The lowest BCUT2D eigenvalue weighted by molar-refractivity contribution is 0.101. The van der Waals surface area contributed by atoms with Crippen LogP contribution in [0.25, 0.3) is 11.1 Å². The quantitative estimate of drug-likeness (QED) is 0.803. The van der Waals surface area contributed by atoms with E-state index in [4.69, 9.17) is 9.47 Å². The number of halogens is 2. The van der Waals surface area contributed by atoms with Crippen LogP contribution in [-0.4, -0.2) is 20.0 Å². The number of hydrogen-bond acceptors (Lipinski definition) is 3. The molecule has 0 atom stereocenters. The Morgan fingerprint density at radius 1 is 1.00 bits per heavy atom. The first-order valence-electron chi connectivity index (χ1n) is 6.20. The zero-order chi connectivity index (χ0) is 15.6. The average Bonchev–Trinajstić information content (AvgIpc) is 2.48. The van der Waals surface area contributed by atoms with Gasteiger partial charge in [-0.15, -0.1) is 0 Å². The molecular formula is C16H14F2O3. The highest BCUT2D eigenvalue weighted by atomic mass is 19.2. The number of ketones is 1. The predicted molar refractivity (Wildman–Crippen MR) is 74.9 cm³/mol. The number of benzene rings is 2. The number of ether oxygens (including phenoxy) is 2. The van der Waals surface area contributed by atoms with Gasteiger partial charge in [-0.3, -0.25) is 4.79 Å². The molecule has 0 aliphatic carbocycles. The molecule has 3 nitrogen and oxygen atoms in total. The van der Waals surface area contributed by atoms with Gasteiger partial charge in [0, 0.05) is 11.1 Å². The molecule has 0 bridgehead atoms. The molecule has 0 amide bonds. The van der Waals surface area contributed by atoms with Gasteiger partial charge in [0.25, 0.3) is 0 Å². The first kappa shape index (κ1) is 15.0. The topological polar surface area (TPSA) is 35.5 Å². The zero-order valence-electron chi connectivity index (χ0n) is 11.9. The van der Waals surface area contributed by atoms with E-state index in [1.165, 1.54) is 27.2 Å². The van der Waals surface area contributed by atoms with Crippen LogP contribution in [0, 0.1) is 11.6 Å². The summed E-state index contributed by atoms with van der Waals surface area (Å²) in [5.74, 6) is -1.37. The smallest absolute Gasteiger partial charge is 0.168 e. The molecule has 2 aromatic carbocycles. The Hall–Kier alpha value is -2.43. The molecule has 5 heteroatoms. The molecule has 0 N–H and O–H groups in total. The standard InChI is InChI=1S/C16H14F2O3/c1-9(19)11-6-12(16(21-3)15(8-11)20-2)10-4-5-13(17)14(18)7-10/h4-8H,1-3H3. The molecule has 2 aromatic rings. The van der Waals surface area contributed by atoms with Crippen molar-refractivity contribution in [3.63, 3.8) is 0 Å². The van der Waals surface area contributed by atoms with Gasteiger partial charge in [-0.2, -0.15) is 0 Å². The number of carbonyl (C=O) groups is 1. The normalized spacial score (nSPS) is 10.3. The van der Waals surface area contributed by atoms with Gasteiger partial charge in [0.05, 0.1) is 14.2 Å². The van der Waals surface area contributed by atoms with Gasteiger partial charge < -0.3 is 9.47 Å². The number of hydrogen-bond donors (Lipinski definition) is 0. The second-order valence-electron chi connectivity index (χ2n) is 4.44. The molecule has 110 valence electrons. The van der Waals surface area contributed by atoms with Gasteiger partial charge in [0.2, 0.25) is 0 Å². The lowest BCUT2D eigenvalue weighted by atomic mass is 9.99. The number of methoxy groups -OCH3 is 2. The molecule has 0 aliphatic heterocycles. The van der Waals surface area contributed by atoms with Crippen molar-refractivity contribution < 1.29 is 23.0 Å². The summed E-state index contributed by atoms with van der Waals surface area (Å²) in [5, 5.41) is 0. The first-order valence-corrected chi connectivity index (χ1v) is 6.20. The maximum absolute atomic E-state index is 13.4. The van der Waals surface area contributed by atoms with E-state index in [0.29, 0.717) is 28.2 Å². The van der Waals surface area contributed by atoms with Crippen molar-refractivity contribution in [3.05, 3.63) is 47.5 Å². The van der Waals surface area contributed by atoms with Crippen LogP contribution in [-0.2, 0) is 0 Å². The van der Waals surface area contributed by atoms with E-state index in [1.54, 1.807) is 12.1 Å². The molecule has 21 heavy (non-hydrogen) atoms.